The maximum Gasteiger partial charge on any atom is 0.320 e. The summed E-state index contributed by atoms with van der Waals surface area (Å²) in [6.07, 6.45) is 1.16. The molecule has 13 heavy (non-hydrogen) atoms. The minimum atomic E-state index is -2.52. The smallest absolute Gasteiger partial charge is 0.273 e. The zero-order chi connectivity index (χ0) is 9.42. The van der Waals surface area contributed by atoms with Gasteiger partial charge in [0.25, 0.3) is 0 Å². The maximum atomic E-state index is 12.4. The van der Waals surface area contributed by atoms with Crippen LogP contribution < -0.4 is 0 Å². The van der Waals surface area contributed by atoms with Gasteiger partial charge in [0, 0.05) is 3.57 Å². The molecule has 2 aromatic rings. The number of halogens is 3. The van der Waals surface area contributed by atoms with Gasteiger partial charge in [-0.2, -0.15) is 8.78 Å². The SMILES string of the molecule is FC(F)n1cnc2ccc(I)cc21. The fraction of sp³-hybridized carbons (Fsp3) is 0.125. The van der Waals surface area contributed by atoms with E-state index in [1.54, 1.807) is 12.1 Å². The van der Waals surface area contributed by atoms with Crippen molar-refractivity contribution in [1.29, 1.82) is 0 Å². The molecule has 0 unspecified atom stereocenters. The van der Waals surface area contributed by atoms with Crippen LogP contribution in [0.15, 0.2) is 24.5 Å². The largest absolute Gasteiger partial charge is 0.320 e. The zero-order valence-corrected chi connectivity index (χ0v) is 8.57. The summed E-state index contributed by atoms with van der Waals surface area (Å²) in [7, 11) is 0. The van der Waals surface area contributed by atoms with Crippen LogP contribution in [0.5, 0.6) is 0 Å². The van der Waals surface area contributed by atoms with Crippen LogP contribution in [0.2, 0.25) is 0 Å². The van der Waals surface area contributed by atoms with Crippen molar-refractivity contribution in [3.05, 3.63) is 28.1 Å². The van der Waals surface area contributed by atoms with E-state index in [4.69, 9.17) is 0 Å². The van der Waals surface area contributed by atoms with Crippen LogP contribution in [-0.4, -0.2) is 9.55 Å². The number of aromatic nitrogens is 2. The van der Waals surface area contributed by atoms with E-state index >= 15 is 0 Å². The zero-order valence-electron chi connectivity index (χ0n) is 6.42. The molecule has 0 saturated heterocycles. The van der Waals surface area contributed by atoms with Gasteiger partial charge in [-0.25, -0.2) is 4.98 Å². The molecule has 0 N–H and O–H groups in total. The molecule has 0 spiro atoms. The molecule has 2 rings (SSSR count). The fourth-order valence-electron chi connectivity index (χ4n) is 1.15. The van der Waals surface area contributed by atoms with E-state index in [1.807, 2.05) is 6.07 Å². The van der Waals surface area contributed by atoms with Crippen molar-refractivity contribution in [3.8, 4) is 0 Å². The first kappa shape index (κ1) is 8.86. The minimum absolute atomic E-state index is 0.474. The van der Waals surface area contributed by atoms with Gasteiger partial charge in [-0.3, -0.25) is 4.57 Å². The van der Waals surface area contributed by atoms with Gasteiger partial charge in [-0.05, 0) is 40.8 Å². The number of fused-ring (bicyclic) bond motifs is 1. The summed E-state index contributed by atoms with van der Waals surface area (Å²) < 4.78 is 26.5. The molecule has 0 radical (unpaired) electrons. The molecule has 0 atom stereocenters. The molecule has 5 heteroatoms. The van der Waals surface area contributed by atoms with Crippen LogP contribution in [0.1, 0.15) is 6.55 Å². The van der Waals surface area contributed by atoms with Gasteiger partial charge >= 0.3 is 6.55 Å². The first-order valence-electron chi connectivity index (χ1n) is 3.59. The summed E-state index contributed by atoms with van der Waals surface area (Å²) in [6.45, 7) is -2.52. The van der Waals surface area contributed by atoms with Crippen LogP contribution in [0.3, 0.4) is 0 Å². The van der Waals surface area contributed by atoms with E-state index in [-0.39, 0.29) is 0 Å². The molecule has 0 amide bonds. The van der Waals surface area contributed by atoms with E-state index < -0.39 is 6.55 Å². The Labute approximate surface area is 86.7 Å². The first-order valence-corrected chi connectivity index (χ1v) is 4.66. The van der Waals surface area contributed by atoms with E-state index in [2.05, 4.69) is 27.6 Å². The lowest BCUT2D eigenvalue weighted by atomic mass is 10.3. The van der Waals surface area contributed by atoms with Crippen molar-refractivity contribution in [2.24, 2.45) is 0 Å². The van der Waals surface area contributed by atoms with Crippen molar-refractivity contribution in [3.63, 3.8) is 0 Å². The number of imidazole rings is 1. The summed E-state index contributed by atoms with van der Waals surface area (Å²) >= 11 is 2.08. The number of benzene rings is 1. The van der Waals surface area contributed by atoms with Gasteiger partial charge in [0.15, 0.2) is 0 Å². The third-order valence-electron chi connectivity index (χ3n) is 1.75. The molecule has 0 aliphatic carbocycles. The van der Waals surface area contributed by atoms with Crippen LogP contribution >= 0.6 is 22.6 Å². The van der Waals surface area contributed by atoms with E-state index in [1.165, 1.54) is 0 Å². The Balaban J connectivity index is 2.71. The number of hydrogen-bond acceptors (Lipinski definition) is 1. The predicted octanol–water partition coefficient (Wildman–Crippen LogP) is 3.04. The topological polar surface area (TPSA) is 17.8 Å². The molecule has 0 aliphatic heterocycles. The van der Waals surface area contributed by atoms with Crippen LogP contribution in [0.4, 0.5) is 8.78 Å². The Hall–Kier alpha value is -0.720. The van der Waals surface area contributed by atoms with Crippen molar-refractivity contribution in [2.75, 3.05) is 0 Å². The fourth-order valence-corrected chi connectivity index (χ4v) is 1.63. The highest BCUT2D eigenvalue weighted by molar-refractivity contribution is 14.1. The van der Waals surface area contributed by atoms with Crippen molar-refractivity contribution in [2.45, 2.75) is 6.55 Å². The van der Waals surface area contributed by atoms with Crippen molar-refractivity contribution in [1.82, 2.24) is 9.55 Å². The standard InChI is InChI=1S/C8H5F2IN2/c9-8(10)13-4-12-6-2-1-5(11)3-7(6)13/h1-4,8H. The number of alkyl halides is 2. The molecule has 1 aromatic carbocycles. The highest BCUT2D eigenvalue weighted by Crippen LogP contribution is 2.21. The van der Waals surface area contributed by atoms with Gasteiger partial charge in [0.2, 0.25) is 0 Å². The number of rotatable bonds is 1. The lowest BCUT2D eigenvalue weighted by Crippen LogP contribution is -1.94. The molecule has 0 saturated carbocycles. The van der Waals surface area contributed by atoms with Gasteiger partial charge in [-0.1, -0.05) is 0 Å². The Morgan fingerprint density at radius 2 is 2.15 bits per heavy atom. The first-order chi connectivity index (χ1) is 6.18. The van der Waals surface area contributed by atoms with Crippen molar-refractivity contribution >= 4 is 33.6 Å². The predicted molar refractivity (Wildman–Crippen MR) is 53.7 cm³/mol. The molecule has 0 bridgehead atoms. The lowest BCUT2D eigenvalue weighted by Gasteiger charge is -2.00. The Bertz CT molecular complexity index is 439. The average molecular weight is 294 g/mol. The Morgan fingerprint density at radius 3 is 2.85 bits per heavy atom. The number of hydrogen-bond donors (Lipinski definition) is 0. The maximum absolute atomic E-state index is 12.4. The summed E-state index contributed by atoms with van der Waals surface area (Å²) in [4.78, 5) is 3.86. The molecule has 68 valence electrons. The van der Waals surface area contributed by atoms with Crippen LogP contribution in [0.25, 0.3) is 11.0 Å². The second-order valence-electron chi connectivity index (χ2n) is 2.56. The van der Waals surface area contributed by atoms with Gasteiger partial charge in [0.1, 0.15) is 6.33 Å². The molecule has 0 aliphatic rings. The summed E-state index contributed by atoms with van der Waals surface area (Å²) in [5, 5.41) is 0. The van der Waals surface area contributed by atoms with Gasteiger partial charge < -0.3 is 0 Å². The second-order valence-corrected chi connectivity index (χ2v) is 3.81. The molecule has 1 heterocycles. The van der Waals surface area contributed by atoms with E-state index in [0.29, 0.717) is 11.0 Å². The number of nitrogens with zero attached hydrogens (tertiary/aromatic N) is 2. The quantitative estimate of drug-likeness (QED) is 0.739. The Morgan fingerprint density at radius 1 is 1.38 bits per heavy atom. The van der Waals surface area contributed by atoms with E-state index in [9.17, 15) is 8.78 Å². The lowest BCUT2D eigenvalue weighted by molar-refractivity contribution is 0.0746. The molecule has 1 aromatic heterocycles. The summed E-state index contributed by atoms with van der Waals surface area (Å²) in [6, 6.07) is 5.26. The van der Waals surface area contributed by atoms with Crippen LogP contribution in [-0.2, 0) is 0 Å². The normalized spacial score (nSPS) is 11.4. The third kappa shape index (κ3) is 1.52. The average Bonchev–Trinajstić information content (AvgIpc) is 2.46. The molecule has 0 fully saturated rings. The molecule has 2 nitrogen and oxygen atoms in total. The minimum Gasteiger partial charge on any atom is -0.273 e. The van der Waals surface area contributed by atoms with Gasteiger partial charge in [0.05, 0.1) is 11.0 Å². The molecular weight excluding hydrogens is 289 g/mol. The Kier molecular flexibility index (Phi) is 2.19. The summed E-state index contributed by atoms with van der Waals surface area (Å²) in [5.41, 5.74) is 1.07. The molecular formula is C8H5F2IN2. The van der Waals surface area contributed by atoms with Gasteiger partial charge in [-0.15, -0.1) is 0 Å². The van der Waals surface area contributed by atoms with E-state index in [0.717, 1.165) is 14.5 Å². The third-order valence-corrected chi connectivity index (χ3v) is 2.42. The second kappa shape index (κ2) is 3.21. The van der Waals surface area contributed by atoms with Crippen LogP contribution in [0, 0.1) is 3.57 Å². The highest BCUT2D eigenvalue weighted by Gasteiger charge is 2.09. The van der Waals surface area contributed by atoms with Crippen molar-refractivity contribution < 1.29 is 8.78 Å². The summed E-state index contributed by atoms with van der Waals surface area (Å²) in [5.74, 6) is 0. The highest BCUT2D eigenvalue weighted by atomic mass is 127. The monoisotopic (exact) mass is 294 g/mol.